The van der Waals surface area contributed by atoms with Crippen LogP contribution in [-0.4, -0.2) is 20.7 Å². The molecule has 3 aromatic rings. The van der Waals surface area contributed by atoms with Crippen LogP contribution in [0.5, 0.6) is 0 Å². The van der Waals surface area contributed by atoms with Gasteiger partial charge < -0.3 is 5.32 Å². The second kappa shape index (κ2) is 8.14. The first-order valence-electron chi connectivity index (χ1n) is 8.59. The molecule has 1 N–H and O–H groups in total. The summed E-state index contributed by atoms with van der Waals surface area (Å²) in [6.45, 7) is 4.99. The lowest BCUT2D eigenvalue weighted by atomic mass is 10.1. The normalized spacial score (nSPS) is 11.4. The summed E-state index contributed by atoms with van der Waals surface area (Å²) in [5, 5.41) is 6.63. The van der Waals surface area contributed by atoms with Crippen LogP contribution in [0.4, 0.5) is 19.0 Å². The van der Waals surface area contributed by atoms with Crippen LogP contribution < -0.4 is 5.32 Å². The maximum absolute atomic E-state index is 13.7. The average Bonchev–Trinajstić information content (AvgIpc) is 3.03. The lowest BCUT2D eigenvalue weighted by molar-refractivity contribution is 0.101. The van der Waals surface area contributed by atoms with Gasteiger partial charge >= 0.3 is 0 Å². The molecule has 0 fully saturated rings. The molecule has 0 unspecified atom stereocenters. The van der Waals surface area contributed by atoms with Crippen molar-refractivity contribution in [2.45, 2.75) is 6.92 Å². The first-order chi connectivity index (χ1) is 13.8. The van der Waals surface area contributed by atoms with E-state index in [4.69, 9.17) is 0 Å². The predicted molar refractivity (Wildman–Crippen MR) is 105 cm³/mol. The van der Waals surface area contributed by atoms with Crippen molar-refractivity contribution in [3.05, 3.63) is 84.0 Å². The van der Waals surface area contributed by atoms with E-state index in [0.29, 0.717) is 17.0 Å². The Morgan fingerprint density at radius 3 is 2.45 bits per heavy atom. The molecule has 0 aliphatic heterocycles. The van der Waals surface area contributed by atoms with Gasteiger partial charge in [-0.05, 0) is 37.3 Å². The standard InChI is InChI=1S/C21H17F3N4O/c1-4-14(12(2)22)17-10-18(28(3)27-17)13-8-9-19(25-11-13)26-21(29)20-15(23)6-5-7-16(20)24/h4-11H,2H2,1,3H3,(H,25,26,29). The van der Waals surface area contributed by atoms with E-state index in [0.717, 1.165) is 12.1 Å². The third-order valence-electron chi connectivity index (χ3n) is 4.23. The summed E-state index contributed by atoms with van der Waals surface area (Å²) in [4.78, 5) is 16.3. The molecule has 2 heterocycles. The largest absolute Gasteiger partial charge is 0.306 e. The number of anilines is 1. The van der Waals surface area contributed by atoms with Crippen molar-refractivity contribution >= 4 is 17.3 Å². The van der Waals surface area contributed by atoms with Crippen molar-refractivity contribution in [2.24, 2.45) is 7.05 Å². The van der Waals surface area contributed by atoms with E-state index in [1.54, 1.807) is 36.9 Å². The van der Waals surface area contributed by atoms with Gasteiger partial charge in [-0.2, -0.15) is 5.10 Å². The van der Waals surface area contributed by atoms with Crippen LogP contribution in [0, 0.1) is 11.6 Å². The fraction of sp³-hybridized carbons (Fsp3) is 0.0952. The molecule has 0 aliphatic rings. The van der Waals surface area contributed by atoms with Crippen LogP contribution in [0.1, 0.15) is 23.0 Å². The number of carbonyl (C=O) groups is 1. The summed E-state index contributed by atoms with van der Waals surface area (Å²) >= 11 is 0. The second-order valence-electron chi connectivity index (χ2n) is 6.13. The third kappa shape index (κ3) is 4.11. The molecule has 3 rings (SSSR count). The molecular weight excluding hydrogens is 381 g/mol. The second-order valence-corrected chi connectivity index (χ2v) is 6.13. The monoisotopic (exact) mass is 398 g/mol. The highest BCUT2D eigenvalue weighted by molar-refractivity contribution is 6.04. The van der Waals surface area contributed by atoms with Crippen LogP contribution in [0.3, 0.4) is 0 Å². The van der Waals surface area contributed by atoms with E-state index in [1.165, 1.54) is 18.3 Å². The predicted octanol–water partition coefficient (Wildman–Crippen LogP) is 4.90. The van der Waals surface area contributed by atoms with Crippen molar-refractivity contribution in [2.75, 3.05) is 5.32 Å². The van der Waals surface area contributed by atoms with E-state index in [9.17, 15) is 18.0 Å². The quantitative estimate of drug-likeness (QED) is 0.622. The van der Waals surface area contributed by atoms with Crippen molar-refractivity contribution < 1.29 is 18.0 Å². The molecule has 0 radical (unpaired) electrons. The number of amides is 1. The zero-order valence-corrected chi connectivity index (χ0v) is 15.7. The highest BCUT2D eigenvalue weighted by atomic mass is 19.1. The van der Waals surface area contributed by atoms with E-state index in [1.807, 2.05) is 0 Å². The van der Waals surface area contributed by atoms with E-state index < -0.39 is 28.9 Å². The number of allylic oxidation sites excluding steroid dienone is 3. The summed E-state index contributed by atoms with van der Waals surface area (Å²) in [5.74, 6) is -3.34. The van der Waals surface area contributed by atoms with Gasteiger partial charge in [-0.1, -0.05) is 18.7 Å². The van der Waals surface area contributed by atoms with Gasteiger partial charge in [0.2, 0.25) is 0 Å². The molecule has 0 spiro atoms. The number of rotatable bonds is 5. The van der Waals surface area contributed by atoms with E-state index >= 15 is 0 Å². The number of hydrogen-bond donors (Lipinski definition) is 1. The number of halogens is 3. The number of hydrogen-bond acceptors (Lipinski definition) is 3. The van der Waals surface area contributed by atoms with Crippen LogP contribution in [0.15, 0.2) is 61.1 Å². The van der Waals surface area contributed by atoms with Crippen LogP contribution in [0.2, 0.25) is 0 Å². The summed E-state index contributed by atoms with van der Waals surface area (Å²) in [5.41, 5.74) is 1.34. The minimum absolute atomic E-state index is 0.120. The number of benzene rings is 1. The Kier molecular flexibility index (Phi) is 5.63. The lowest BCUT2D eigenvalue weighted by Crippen LogP contribution is -2.16. The summed E-state index contributed by atoms with van der Waals surface area (Å²) in [7, 11) is 1.70. The van der Waals surface area contributed by atoms with Gasteiger partial charge in [-0.15, -0.1) is 0 Å². The number of aryl methyl sites for hydroxylation is 1. The third-order valence-corrected chi connectivity index (χ3v) is 4.23. The minimum atomic E-state index is -0.962. The molecular formula is C21H17F3N4O. The van der Waals surface area contributed by atoms with E-state index in [-0.39, 0.29) is 11.4 Å². The summed E-state index contributed by atoms with van der Waals surface area (Å²) in [6.07, 6.45) is 3.04. The Labute approximate surface area is 165 Å². The molecule has 1 aromatic carbocycles. The summed E-state index contributed by atoms with van der Waals surface area (Å²) < 4.78 is 42.5. The maximum atomic E-state index is 13.7. The Morgan fingerprint density at radius 1 is 1.21 bits per heavy atom. The van der Waals surface area contributed by atoms with Gasteiger partial charge in [0, 0.05) is 24.4 Å². The lowest BCUT2D eigenvalue weighted by Gasteiger charge is -2.07. The van der Waals surface area contributed by atoms with Crippen molar-refractivity contribution in [1.82, 2.24) is 14.8 Å². The first kappa shape index (κ1) is 20.1. The highest BCUT2D eigenvalue weighted by Gasteiger charge is 2.18. The van der Waals surface area contributed by atoms with Crippen molar-refractivity contribution in [3.63, 3.8) is 0 Å². The Balaban J connectivity index is 1.83. The molecule has 8 heteroatoms. The number of nitrogens with one attached hydrogen (secondary N) is 1. The fourth-order valence-electron chi connectivity index (χ4n) is 2.83. The molecule has 5 nitrogen and oxygen atoms in total. The van der Waals surface area contributed by atoms with Gasteiger partial charge in [0.25, 0.3) is 5.91 Å². The van der Waals surface area contributed by atoms with Gasteiger partial charge in [-0.3, -0.25) is 9.48 Å². The van der Waals surface area contributed by atoms with Crippen molar-refractivity contribution in [1.29, 1.82) is 0 Å². The van der Waals surface area contributed by atoms with Gasteiger partial charge in [0.15, 0.2) is 0 Å². The Bertz CT molecular complexity index is 1100. The van der Waals surface area contributed by atoms with Crippen LogP contribution in [0.25, 0.3) is 16.8 Å². The van der Waals surface area contributed by atoms with Crippen LogP contribution in [-0.2, 0) is 7.05 Å². The van der Waals surface area contributed by atoms with Gasteiger partial charge in [-0.25, -0.2) is 18.2 Å². The molecule has 0 saturated heterocycles. The van der Waals surface area contributed by atoms with Crippen LogP contribution >= 0.6 is 0 Å². The zero-order valence-electron chi connectivity index (χ0n) is 15.7. The van der Waals surface area contributed by atoms with Gasteiger partial charge in [0.05, 0.1) is 11.4 Å². The SMILES string of the molecule is C=C(F)C(=CC)c1cc(-c2ccc(NC(=O)c3c(F)cccc3F)nc2)n(C)n1. The smallest absolute Gasteiger partial charge is 0.262 e. The van der Waals surface area contributed by atoms with Gasteiger partial charge in [0.1, 0.15) is 28.8 Å². The van der Waals surface area contributed by atoms with E-state index in [2.05, 4.69) is 22.0 Å². The highest BCUT2D eigenvalue weighted by Crippen LogP contribution is 2.27. The molecule has 2 aromatic heterocycles. The fourth-order valence-corrected chi connectivity index (χ4v) is 2.83. The number of nitrogens with zero attached hydrogens (tertiary/aromatic N) is 3. The number of aromatic nitrogens is 3. The maximum Gasteiger partial charge on any atom is 0.262 e. The van der Waals surface area contributed by atoms with Crippen molar-refractivity contribution in [3.8, 4) is 11.3 Å². The number of carbonyl (C=O) groups excluding carboxylic acids is 1. The Morgan fingerprint density at radius 2 is 1.90 bits per heavy atom. The Hall–Kier alpha value is -3.68. The number of pyridine rings is 1. The molecule has 0 atom stereocenters. The molecule has 148 valence electrons. The molecule has 1 amide bonds. The molecule has 29 heavy (non-hydrogen) atoms. The molecule has 0 saturated carbocycles. The average molecular weight is 398 g/mol. The molecule has 0 bridgehead atoms. The molecule has 0 aliphatic carbocycles. The summed E-state index contributed by atoms with van der Waals surface area (Å²) in [6, 6.07) is 8.00. The minimum Gasteiger partial charge on any atom is -0.306 e. The zero-order chi connectivity index (χ0) is 21.1. The first-order valence-corrected chi connectivity index (χ1v) is 8.59. The topological polar surface area (TPSA) is 59.8 Å².